The maximum absolute atomic E-state index is 12.5. The van der Waals surface area contributed by atoms with Crippen LogP contribution in [0.15, 0.2) is 163 Å². The molecule has 730 valence electrons. The molecule has 137 heavy (non-hydrogen) atoms. The lowest BCUT2D eigenvalue weighted by Gasteiger charge is -2.14. The Bertz CT molecular complexity index is 5730. The average Bonchev–Trinajstić information content (AvgIpc) is 1.82. The number of hydrogen-bond donors (Lipinski definition) is 0. The summed E-state index contributed by atoms with van der Waals surface area (Å²) in [7, 11) is 8.17. The number of carbonyl (C=O) groups is 6. The van der Waals surface area contributed by atoms with E-state index in [0.717, 1.165) is 101 Å². The molecule has 0 saturated heterocycles. The molecule has 12 heterocycles. The molecule has 0 fully saturated rings. The molecule has 0 N–H and O–H groups in total. The monoisotopic (exact) mass is 1910 g/mol. The molecule has 0 aliphatic heterocycles. The molecule has 0 spiro atoms. The Hall–Kier alpha value is -12.7. The van der Waals surface area contributed by atoms with Gasteiger partial charge in [0.1, 0.15) is 110 Å². The highest BCUT2D eigenvalue weighted by Crippen LogP contribution is 2.25. The van der Waals surface area contributed by atoms with Crippen LogP contribution in [0.5, 0.6) is 34.5 Å². The fraction of sp³-hybridized carbons (Fsp3) is 0.404. The van der Waals surface area contributed by atoms with Crippen LogP contribution in [0, 0.1) is 76.2 Å². The van der Waals surface area contributed by atoms with Gasteiger partial charge in [-0.1, -0.05) is 24.3 Å². The molecular formula is C104H128N12O19S2. The molecule has 0 unspecified atom stereocenters. The zero-order valence-corrected chi connectivity index (χ0v) is 83.8. The van der Waals surface area contributed by atoms with Crippen molar-refractivity contribution in [2.45, 2.75) is 167 Å². The fourth-order valence-electron chi connectivity index (χ4n) is 12.6. The maximum Gasteiger partial charge on any atom is 0.188 e. The molecule has 0 saturated carbocycles. The lowest BCUT2D eigenvalue weighted by Crippen LogP contribution is -2.18. The molecule has 3 atom stereocenters. The van der Waals surface area contributed by atoms with Crippen LogP contribution >= 0.6 is 22.7 Å². The van der Waals surface area contributed by atoms with E-state index < -0.39 is 0 Å². The zero-order valence-electron chi connectivity index (χ0n) is 82.2. The molecule has 12 rings (SSSR count). The number of methoxy groups -OCH3 is 5. The minimum Gasteiger partial charge on any atom is -0.493 e. The summed E-state index contributed by atoms with van der Waals surface area (Å²) in [4.78, 5) is 126. The van der Waals surface area contributed by atoms with E-state index in [1.165, 1.54) is 22.7 Å². The minimum atomic E-state index is -0.0940. The lowest BCUT2D eigenvalue weighted by atomic mass is 10.1. The van der Waals surface area contributed by atoms with E-state index >= 15 is 0 Å². The summed E-state index contributed by atoms with van der Waals surface area (Å²) >= 11 is 2.98. The first-order valence-electron chi connectivity index (χ1n) is 44.8. The highest BCUT2D eigenvalue weighted by molar-refractivity contribution is 7.10. The van der Waals surface area contributed by atoms with E-state index in [0.29, 0.717) is 148 Å². The van der Waals surface area contributed by atoms with Crippen LogP contribution in [0.1, 0.15) is 192 Å². The molecule has 0 bridgehead atoms. The highest BCUT2D eigenvalue weighted by atomic mass is 32.1. The van der Waals surface area contributed by atoms with Crippen molar-refractivity contribution in [3.63, 3.8) is 0 Å². The summed E-state index contributed by atoms with van der Waals surface area (Å²) < 4.78 is 69.8. The highest BCUT2D eigenvalue weighted by Gasteiger charge is 2.21. The van der Waals surface area contributed by atoms with Crippen molar-refractivity contribution < 1.29 is 90.3 Å². The number of pyridine rings is 10. The summed E-state index contributed by atoms with van der Waals surface area (Å²) in [6.45, 7) is 34.7. The van der Waals surface area contributed by atoms with E-state index in [2.05, 4.69) is 59.8 Å². The van der Waals surface area contributed by atoms with E-state index in [9.17, 15) is 28.8 Å². The molecule has 33 heteroatoms. The van der Waals surface area contributed by atoms with Crippen LogP contribution in [0.2, 0.25) is 0 Å². The summed E-state index contributed by atoms with van der Waals surface area (Å²) in [5, 5.41) is 5.49. The van der Waals surface area contributed by atoms with Gasteiger partial charge < -0.3 is 61.6 Å². The molecule has 0 amide bonds. The van der Waals surface area contributed by atoms with Gasteiger partial charge in [0.05, 0.1) is 91.4 Å². The van der Waals surface area contributed by atoms with Crippen molar-refractivity contribution >= 4 is 57.4 Å². The largest absolute Gasteiger partial charge is 0.493 e. The number of aromatic nitrogens is 12. The van der Waals surface area contributed by atoms with Crippen LogP contribution in [-0.2, 0) is 71.7 Å². The molecule has 0 radical (unpaired) electrons. The number of aryl methyl sites for hydroxylation is 11. The second-order valence-corrected chi connectivity index (χ2v) is 33.9. The van der Waals surface area contributed by atoms with Crippen molar-refractivity contribution in [1.82, 2.24) is 59.8 Å². The van der Waals surface area contributed by atoms with Crippen LogP contribution in [-0.4, -0.2) is 228 Å². The Balaban J connectivity index is 0.000000224. The topological polar surface area (TPSA) is 377 Å². The Morgan fingerprint density at radius 2 is 0.599 bits per heavy atom. The van der Waals surface area contributed by atoms with Crippen molar-refractivity contribution in [3.05, 3.63) is 292 Å². The lowest BCUT2D eigenvalue weighted by molar-refractivity contribution is 0.0544. The van der Waals surface area contributed by atoms with Gasteiger partial charge in [0.25, 0.3) is 0 Å². The number of nitrogens with zero attached hydrogens (tertiary/aromatic N) is 12. The fourth-order valence-corrected chi connectivity index (χ4v) is 14.2. The Labute approximate surface area is 811 Å². The smallest absolute Gasteiger partial charge is 0.188 e. The molecule has 12 aromatic heterocycles. The van der Waals surface area contributed by atoms with Gasteiger partial charge >= 0.3 is 0 Å². The average molecular weight is 1910 g/mol. The molecule has 0 aromatic carbocycles. The Morgan fingerprint density at radius 3 is 0.883 bits per heavy atom. The standard InChI is InChI=1S/C19H24N2O4.2C18H22N2O3.C17H20N2O3.2C16H20N2O3S/c1-14-4-5-16(20-13-14)11-19(22)18-12-17(10-15(2)21-18)25-9-8-24-7-6-23-3;1-12-5-6-15(19-10-12)8-18(21)17-9-16(7-13(2)20-17)23-14(3)11-22-4;1-13-5-6-15(19-12-13)10-18(21)17-11-16(9-14(2)20-17)23-8-4-7-22-3;1-12-8-15(22-13(2)11-21-3)10-16(19-12)17(20)9-14-6-4-5-7-18-14;1-10-5-13(21-12(3)8-20-4)6-14(17-10)15(19)7-16-18-11(2)9-22-16;1-4-20-5-6-21-13-7-11(2)17-14(8-13)15(19)9-16-18-12(3)10-22-16/h4-5,10,12-13H,6-9,11H2,1-3H3;5-7,9-10,14H,8,11H2,1-4H3;5-6,9,11-12H,4,7-8,10H2,1-3H3;4-8,10,13H,9,11H2,1-3H3;5-6,9,12H,7-8H2,1-4H3;7-8,10H,4-6,9H2,1-3H3/t;14-;;13-;12-;/m.1.00./s1. The van der Waals surface area contributed by atoms with Gasteiger partial charge in [0.2, 0.25) is 0 Å². The molecule has 12 aromatic rings. The van der Waals surface area contributed by atoms with Gasteiger partial charge in [-0.25, -0.2) is 39.9 Å². The third-order valence-electron chi connectivity index (χ3n) is 18.8. The number of Topliss-reactive ketones (excluding diaryl/α,β-unsaturated/α-hetero) is 6. The molecular weight excluding hydrogens is 1790 g/mol. The number of hydrogen-bond acceptors (Lipinski definition) is 33. The summed E-state index contributed by atoms with van der Waals surface area (Å²) in [6, 6.07) is 37.9. The van der Waals surface area contributed by atoms with Crippen LogP contribution in [0.3, 0.4) is 0 Å². The first-order valence-corrected chi connectivity index (χ1v) is 46.6. The SMILES string of the molecule is CCOCCOc1cc(C)nc(C(=O)Cc2nc(C)cs2)c1.COCCCOc1cc(C)nc(C(=O)Cc2ccc(C)cn2)c1.COCCOCCOc1cc(C)nc(C(=O)Cc2ccc(C)cn2)c1.COC[C@@H](C)Oc1cc(C)nc(C(=O)Cc2ccc(C)cn2)c1.COC[C@H](C)Oc1cc(C)nc(C(=O)Cc2ccccn2)c1.COC[C@H](C)Oc1cc(C)nc(C(=O)Cc2nc(C)cs2)c1. The van der Waals surface area contributed by atoms with Gasteiger partial charge in [-0.05, 0) is 151 Å². The number of carbonyl (C=O) groups excluding carboxylic acids is 6. The predicted octanol–water partition coefficient (Wildman–Crippen LogP) is 17.0. The number of ether oxygens (including phenoxy) is 13. The second-order valence-electron chi connectivity index (χ2n) is 32.0. The zero-order chi connectivity index (χ0) is 99.6. The van der Waals surface area contributed by atoms with E-state index in [1.807, 2.05) is 200 Å². The van der Waals surface area contributed by atoms with E-state index in [-0.39, 0.29) is 91.5 Å². The number of thiazole rings is 2. The van der Waals surface area contributed by atoms with Gasteiger partial charge in [-0.15, -0.1) is 22.7 Å². The Morgan fingerprint density at radius 1 is 0.299 bits per heavy atom. The summed E-state index contributed by atoms with van der Waals surface area (Å²) in [6.07, 6.45) is 8.92. The van der Waals surface area contributed by atoms with Crippen molar-refractivity contribution in [2.75, 3.05) is 115 Å². The normalized spacial score (nSPS) is 11.3. The van der Waals surface area contributed by atoms with Crippen molar-refractivity contribution in [1.29, 1.82) is 0 Å². The van der Waals surface area contributed by atoms with Gasteiger partial charge in [-0.2, -0.15) is 0 Å². The molecule has 0 aliphatic carbocycles. The predicted molar refractivity (Wildman–Crippen MR) is 525 cm³/mol. The second kappa shape index (κ2) is 60.7. The third-order valence-corrected chi connectivity index (χ3v) is 20.8. The molecule has 0 aliphatic rings. The summed E-state index contributed by atoms with van der Waals surface area (Å²) in [5.41, 5.74) is 14.9. The number of rotatable bonds is 47. The first-order chi connectivity index (χ1) is 65.8. The summed E-state index contributed by atoms with van der Waals surface area (Å²) in [5.74, 6) is 3.41. The van der Waals surface area contributed by atoms with Crippen LogP contribution < -0.4 is 28.4 Å². The number of ketones is 6. The Kier molecular flexibility index (Phi) is 49.3. The van der Waals surface area contributed by atoms with E-state index in [1.54, 1.807) is 103 Å². The van der Waals surface area contributed by atoms with Crippen molar-refractivity contribution in [3.8, 4) is 34.5 Å². The maximum atomic E-state index is 12.5. The van der Waals surface area contributed by atoms with Crippen molar-refractivity contribution in [2.24, 2.45) is 0 Å². The van der Waals surface area contributed by atoms with Crippen LogP contribution in [0.25, 0.3) is 0 Å². The van der Waals surface area contributed by atoms with Crippen LogP contribution in [0.4, 0.5) is 0 Å². The molecule has 31 nitrogen and oxygen atoms in total. The quantitative estimate of drug-likeness (QED) is 0.0252. The third kappa shape index (κ3) is 43.5. The minimum absolute atomic E-state index is 0.0484. The van der Waals surface area contributed by atoms with Gasteiger partial charge in [0, 0.05) is 232 Å². The van der Waals surface area contributed by atoms with E-state index in [4.69, 9.17) is 61.6 Å². The van der Waals surface area contributed by atoms with Gasteiger partial charge in [0.15, 0.2) is 34.7 Å². The van der Waals surface area contributed by atoms with Gasteiger partial charge in [-0.3, -0.25) is 48.7 Å². The first kappa shape index (κ1) is 111.